The maximum absolute atomic E-state index is 14.5. The Kier molecular flexibility index (Phi) is 4.98. The first-order valence-electron chi connectivity index (χ1n) is 8.67. The summed E-state index contributed by atoms with van der Waals surface area (Å²) < 4.78 is 14.5. The maximum Gasteiger partial charge on any atom is 0.149 e. The van der Waals surface area contributed by atoms with Crippen LogP contribution in [-0.2, 0) is 4.79 Å². The Morgan fingerprint density at radius 1 is 1.15 bits per heavy atom. The fraction of sp³-hybridized carbons (Fsp3) is 0.250. The number of halogens is 3. The average molecular weight is 404 g/mol. The summed E-state index contributed by atoms with van der Waals surface area (Å²) in [6.45, 7) is 1.32. The predicted octanol–water partition coefficient (Wildman–Crippen LogP) is 5.16. The Bertz CT molecular complexity index is 1030. The number of aldehydes is 1. The second-order valence-electron chi connectivity index (χ2n) is 6.63. The van der Waals surface area contributed by atoms with Crippen LogP contribution >= 0.6 is 23.2 Å². The molecule has 138 valence electrons. The lowest BCUT2D eigenvalue weighted by Crippen LogP contribution is -2.36. The summed E-state index contributed by atoms with van der Waals surface area (Å²) in [7, 11) is 0. The molecule has 7 heteroatoms. The van der Waals surface area contributed by atoms with Crippen molar-refractivity contribution in [1.29, 1.82) is 0 Å². The number of hydrogen-bond acceptors (Lipinski definition) is 4. The number of rotatable bonds is 3. The number of carbonyl (C=O) groups is 1. The van der Waals surface area contributed by atoms with Crippen LogP contribution in [0.5, 0.6) is 0 Å². The van der Waals surface area contributed by atoms with E-state index in [1.807, 2.05) is 11.0 Å². The van der Waals surface area contributed by atoms with Crippen molar-refractivity contribution in [2.24, 2.45) is 5.92 Å². The van der Waals surface area contributed by atoms with Crippen molar-refractivity contribution in [3.8, 4) is 11.1 Å². The number of fused-ring (bicyclic) bond motifs is 1. The van der Waals surface area contributed by atoms with Gasteiger partial charge in [0.15, 0.2) is 0 Å². The molecule has 0 radical (unpaired) electrons. The smallest absolute Gasteiger partial charge is 0.149 e. The van der Waals surface area contributed by atoms with Gasteiger partial charge in [0, 0.05) is 19.0 Å². The number of nitrogens with zero attached hydrogens (tertiary/aromatic N) is 3. The molecule has 0 aliphatic carbocycles. The summed E-state index contributed by atoms with van der Waals surface area (Å²) in [5.41, 5.74) is 1.82. The fourth-order valence-electron chi connectivity index (χ4n) is 3.58. The molecule has 1 atom stereocenters. The first-order chi connectivity index (χ1) is 13.1. The molecule has 3 aromatic rings. The molecule has 0 bridgehead atoms. The van der Waals surface area contributed by atoms with Gasteiger partial charge in [-0.1, -0.05) is 35.3 Å². The van der Waals surface area contributed by atoms with Gasteiger partial charge in [0.1, 0.15) is 29.8 Å². The predicted molar refractivity (Wildman–Crippen MR) is 106 cm³/mol. The quantitative estimate of drug-likeness (QED) is 0.566. The van der Waals surface area contributed by atoms with Gasteiger partial charge in [0.05, 0.1) is 15.4 Å². The summed E-state index contributed by atoms with van der Waals surface area (Å²) in [5, 5.41) is 1.49. The topological polar surface area (TPSA) is 46.1 Å². The van der Waals surface area contributed by atoms with Crippen molar-refractivity contribution >= 4 is 46.2 Å². The molecule has 27 heavy (non-hydrogen) atoms. The number of benzene rings is 2. The zero-order valence-electron chi connectivity index (χ0n) is 14.3. The van der Waals surface area contributed by atoms with Crippen molar-refractivity contribution in [1.82, 2.24) is 9.97 Å². The fourth-order valence-corrected chi connectivity index (χ4v) is 3.88. The molecule has 0 spiro atoms. The lowest BCUT2D eigenvalue weighted by Gasteiger charge is -2.32. The van der Waals surface area contributed by atoms with Crippen molar-refractivity contribution in [3.05, 3.63) is 52.5 Å². The van der Waals surface area contributed by atoms with Crippen LogP contribution in [0.25, 0.3) is 22.0 Å². The van der Waals surface area contributed by atoms with Crippen LogP contribution in [0.1, 0.15) is 12.8 Å². The summed E-state index contributed by atoms with van der Waals surface area (Å²) >= 11 is 12.2. The van der Waals surface area contributed by atoms with E-state index in [0.29, 0.717) is 27.8 Å². The summed E-state index contributed by atoms with van der Waals surface area (Å²) in [6.07, 6.45) is 4.09. The molecular formula is C20H16Cl2FN3O. The van der Waals surface area contributed by atoms with Crippen LogP contribution in [-0.4, -0.2) is 29.3 Å². The molecule has 0 N–H and O–H groups in total. The van der Waals surface area contributed by atoms with E-state index >= 15 is 0 Å². The Morgan fingerprint density at radius 3 is 2.78 bits per heavy atom. The van der Waals surface area contributed by atoms with Gasteiger partial charge in [-0.3, -0.25) is 0 Å². The number of carbonyl (C=O) groups excluding carboxylic acids is 1. The summed E-state index contributed by atoms with van der Waals surface area (Å²) in [6, 6.07) is 8.38. The van der Waals surface area contributed by atoms with E-state index in [2.05, 4.69) is 9.97 Å². The van der Waals surface area contributed by atoms with E-state index in [1.54, 1.807) is 18.2 Å². The molecule has 4 nitrogen and oxygen atoms in total. The summed E-state index contributed by atoms with van der Waals surface area (Å²) in [5.74, 6) is 0.166. The van der Waals surface area contributed by atoms with Crippen LogP contribution in [0, 0.1) is 11.7 Å². The molecule has 2 aromatic carbocycles. The second kappa shape index (κ2) is 7.41. The Morgan fingerprint density at radius 2 is 2.00 bits per heavy atom. The molecule has 1 aromatic heterocycles. The second-order valence-corrected chi connectivity index (χ2v) is 7.44. The van der Waals surface area contributed by atoms with Crippen LogP contribution in [0.4, 0.5) is 10.2 Å². The minimum absolute atomic E-state index is 0.0502. The van der Waals surface area contributed by atoms with Gasteiger partial charge in [-0.05, 0) is 42.2 Å². The van der Waals surface area contributed by atoms with Crippen LogP contribution in [0.15, 0.2) is 36.7 Å². The van der Waals surface area contributed by atoms with Crippen LogP contribution in [0.2, 0.25) is 10.0 Å². The van der Waals surface area contributed by atoms with Crippen molar-refractivity contribution in [3.63, 3.8) is 0 Å². The normalized spacial score (nSPS) is 17.3. The third kappa shape index (κ3) is 3.37. The average Bonchev–Trinajstić information content (AvgIpc) is 2.70. The molecule has 1 fully saturated rings. The summed E-state index contributed by atoms with van der Waals surface area (Å²) in [4.78, 5) is 21.9. The van der Waals surface area contributed by atoms with E-state index in [4.69, 9.17) is 23.2 Å². The van der Waals surface area contributed by atoms with Gasteiger partial charge in [-0.2, -0.15) is 0 Å². The number of anilines is 1. The van der Waals surface area contributed by atoms with Gasteiger partial charge in [-0.15, -0.1) is 0 Å². The first-order valence-corrected chi connectivity index (χ1v) is 9.43. The standard InChI is InChI=1S/C20H16Cl2FN3O/c21-15-5-3-13(8-16(15)22)14-4-6-17(23)19-18(14)20(25-11-24-19)26-7-1-2-12(9-26)10-27/h3-6,8,10-12H,1-2,7,9H2. The van der Waals surface area contributed by atoms with Crippen molar-refractivity contribution in [2.45, 2.75) is 12.8 Å². The zero-order valence-corrected chi connectivity index (χ0v) is 15.8. The number of aromatic nitrogens is 2. The minimum Gasteiger partial charge on any atom is -0.355 e. The highest BCUT2D eigenvalue weighted by Crippen LogP contribution is 2.38. The molecular weight excluding hydrogens is 388 g/mol. The zero-order chi connectivity index (χ0) is 19.0. The molecule has 1 aliphatic heterocycles. The molecule has 0 amide bonds. The maximum atomic E-state index is 14.5. The first kappa shape index (κ1) is 18.1. The largest absolute Gasteiger partial charge is 0.355 e. The van der Waals surface area contributed by atoms with Crippen molar-refractivity contribution in [2.75, 3.05) is 18.0 Å². The van der Waals surface area contributed by atoms with E-state index in [-0.39, 0.29) is 11.4 Å². The van der Waals surface area contributed by atoms with E-state index < -0.39 is 5.82 Å². The monoisotopic (exact) mass is 403 g/mol. The lowest BCUT2D eigenvalue weighted by molar-refractivity contribution is -0.111. The van der Waals surface area contributed by atoms with E-state index in [0.717, 1.165) is 36.8 Å². The molecule has 1 saturated heterocycles. The lowest BCUT2D eigenvalue weighted by atomic mass is 9.97. The third-order valence-electron chi connectivity index (χ3n) is 4.90. The number of piperidine rings is 1. The Balaban J connectivity index is 1.93. The van der Waals surface area contributed by atoms with Crippen molar-refractivity contribution < 1.29 is 9.18 Å². The third-order valence-corrected chi connectivity index (χ3v) is 5.64. The van der Waals surface area contributed by atoms with Crippen LogP contribution < -0.4 is 4.90 Å². The molecule has 0 saturated carbocycles. The van der Waals surface area contributed by atoms with E-state index in [1.165, 1.54) is 12.4 Å². The van der Waals surface area contributed by atoms with E-state index in [9.17, 15) is 9.18 Å². The molecule has 2 heterocycles. The highest BCUT2D eigenvalue weighted by Gasteiger charge is 2.24. The SMILES string of the molecule is O=CC1CCCN(c2ncnc3c(F)ccc(-c4ccc(Cl)c(Cl)c4)c23)C1. The van der Waals surface area contributed by atoms with Crippen LogP contribution in [0.3, 0.4) is 0 Å². The van der Waals surface area contributed by atoms with Gasteiger partial charge in [-0.25, -0.2) is 14.4 Å². The Labute approximate surface area is 165 Å². The molecule has 1 aliphatic rings. The highest BCUT2D eigenvalue weighted by atomic mass is 35.5. The van der Waals surface area contributed by atoms with Gasteiger partial charge < -0.3 is 9.69 Å². The highest BCUT2D eigenvalue weighted by molar-refractivity contribution is 6.42. The Hall–Kier alpha value is -2.24. The molecule has 4 rings (SSSR count). The molecule has 1 unspecified atom stereocenters. The van der Waals surface area contributed by atoms with Gasteiger partial charge in [0.2, 0.25) is 0 Å². The van der Waals surface area contributed by atoms with Gasteiger partial charge in [0.25, 0.3) is 0 Å². The van der Waals surface area contributed by atoms with Gasteiger partial charge >= 0.3 is 0 Å². The minimum atomic E-state index is -0.415. The number of hydrogen-bond donors (Lipinski definition) is 0.